The van der Waals surface area contributed by atoms with Crippen LogP contribution in [-0.2, 0) is 0 Å². The average molecular weight is 168 g/mol. The summed E-state index contributed by atoms with van der Waals surface area (Å²) in [6.45, 7) is 0. The van der Waals surface area contributed by atoms with Gasteiger partial charge in [0.05, 0.1) is 0 Å². The summed E-state index contributed by atoms with van der Waals surface area (Å²) in [5.74, 6) is -0.648. The van der Waals surface area contributed by atoms with Crippen LogP contribution in [0.25, 0.3) is 11.6 Å². The van der Waals surface area contributed by atoms with Crippen molar-refractivity contribution < 1.29 is 0 Å². The van der Waals surface area contributed by atoms with Gasteiger partial charge in [-0.15, -0.1) is 10.2 Å². The fraction of sp³-hybridized carbons (Fsp3) is 0. The summed E-state index contributed by atoms with van der Waals surface area (Å²) < 4.78 is 0. The predicted octanol–water partition coefficient (Wildman–Crippen LogP) is -1.98. The van der Waals surface area contributed by atoms with Gasteiger partial charge in [-0.1, -0.05) is 0 Å². The van der Waals surface area contributed by atoms with Crippen LogP contribution >= 0.6 is 0 Å². The molecule has 0 aliphatic rings. The average Bonchev–Trinajstić information content (AvgIpc) is 2.59. The maximum absolute atomic E-state index is 10.7. The summed E-state index contributed by atoms with van der Waals surface area (Å²) in [6.07, 6.45) is 0. The number of tetrazole rings is 2. The van der Waals surface area contributed by atoms with Crippen molar-refractivity contribution in [2.75, 3.05) is 0 Å². The van der Waals surface area contributed by atoms with Crippen molar-refractivity contribution in [2.45, 2.75) is 0 Å². The second-order valence-corrected chi connectivity index (χ2v) is 1.75. The molecule has 0 bridgehead atoms. The number of nitrogens with zero attached hydrogens (tertiary/aromatic N) is 8. The van der Waals surface area contributed by atoms with Crippen molar-refractivity contribution in [3.63, 3.8) is 0 Å². The lowest BCUT2D eigenvalue weighted by Crippen LogP contribution is -1.99. The summed E-state index contributed by atoms with van der Waals surface area (Å²) in [5.41, 5.74) is 0. The van der Waals surface area contributed by atoms with Crippen LogP contribution < -0.4 is 0 Å². The van der Waals surface area contributed by atoms with E-state index < -0.39 is 0 Å². The summed E-state index contributed by atoms with van der Waals surface area (Å²) >= 11 is 0. The first-order chi connectivity index (χ1) is 5.79. The monoisotopic (exact) mass is 168 g/mol. The molecule has 10 nitrogen and oxygen atoms in total. The fourth-order valence-electron chi connectivity index (χ4n) is 0.619. The molecule has 0 aromatic carbocycles. The first-order valence-corrected chi connectivity index (χ1v) is 2.71. The molecule has 0 spiro atoms. The molecule has 2 rings (SSSR count). The molecule has 0 aliphatic carbocycles. The van der Waals surface area contributed by atoms with Crippen LogP contribution in [0.15, 0.2) is 0 Å². The van der Waals surface area contributed by atoms with Crippen molar-refractivity contribution >= 4 is 0 Å². The van der Waals surface area contributed by atoms with Gasteiger partial charge in [-0.2, -0.15) is 0 Å². The van der Waals surface area contributed by atoms with Gasteiger partial charge in [0.15, 0.2) is 0 Å². The summed E-state index contributed by atoms with van der Waals surface area (Å²) in [6, 6.07) is 0. The van der Waals surface area contributed by atoms with Crippen LogP contribution in [0.3, 0.4) is 0 Å². The second-order valence-electron chi connectivity index (χ2n) is 1.75. The molecular weight excluding hydrogens is 168 g/mol. The zero-order chi connectivity index (χ0) is 8.55. The minimum absolute atomic E-state index is 0.0556. The Morgan fingerprint density at radius 1 is 0.833 bits per heavy atom. The smallest absolute Gasteiger partial charge is 0.217 e. The van der Waals surface area contributed by atoms with E-state index in [1.165, 1.54) is 0 Å². The van der Waals surface area contributed by atoms with Crippen LogP contribution in [-0.4, -0.2) is 40.7 Å². The highest BCUT2D eigenvalue weighted by molar-refractivity contribution is 5.41. The standard InChI is InChI=1S/C2N8O2/c11-9-1(3-5-7-9)2-4-6-8-10(2)12/q-2. The lowest BCUT2D eigenvalue weighted by atomic mass is 10.6. The van der Waals surface area contributed by atoms with Crippen LogP contribution in [0, 0.1) is 10.4 Å². The van der Waals surface area contributed by atoms with E-state index in [1.54, 1.807) is 0 Å². The molecule has 12 heavy (non-hydrogen) atoms. The first-order valence-electron chi connectivity index (χ1n) is 2.71. The van der Waals surface area contributed by atoms with E-state index in [2.05, 4.69) is 31.1 Å². The van der Waals surface area contributed by atoms with E-state index in [0.29, 0.717) is 0 Å². The SMILES string of the molecule is [O-]n1nnnc1-c1nnnn1[O-]. The zero-order valence-electron chi connectivity index (χ0n) is 5.39. The van der Waals surface area contributed by atoms with Crippen molar-refractivity contribution in [2.24, 2.45) is 0 Å². The highest BCUT2D eigenvalue weighted by atomic mass is 16.5. The van der Waals surface area contributed by atoms with Crippen molar-refractivity contribution in [1.29, 1.82) is 0 Å². The summed E-state index contributed by atoms with van der Waals surface area (Å²) in [4.78, 5) is 0.111. The van der Waals surface area contributed by atoms with Gasteiger partial charge in [0, 0.05) is 0 Å². The maximum Gasteiger partial charge on any atom is 0.217 e. The summed E-state index contributed by atoms with van der Waals surface area (Å²) in [7, 11) is 0. The highest BCUT2D eigenvalue weighted by Crippen LogP contribution is 2.07. The Bertz CT molecular complexity index is 351. The van der Waals surface area contributed by atoms with Crippen molar-refractivity contribution in [3.05, 3.63) is 10.4 Å². The second kappa shape index (κ2) is 2.11. The Labute approximate surface area is 64.0 Å². The van der Waals surface area contributed by atoms with E-state index in [-0.39, 0.29) is 21.3 Å². The molecule has 2 aromatic heterocycles. The van der Waals surface area contributed by atoms with E-state index in [9.17, 15) is 10.4 Å². The van der Waals surface area contributed by atoms with Crippen LogP contribution in [0.2, 0.25) is 0 Å². The van der Waals surface area contributed by atoms with Gasteiger partial charge < -0.3 is 10.4 Å². The molecule has 2 aromatic rings. The number of hydrogen-bond acceptors (Lipinski definition) is 8. The van der Waals surface area contributed by atoms with Gasteiger partial charge in [0.2, 0.25) is 11.6 Å². The van der Waals surface area contributed by atoms with Crippen LogP contribution in [0.1, 0.15) is 0 Å². The van der Waals surface area contributed by atoms with E-state index in [4.69, 9.17) is 0 Å². The highest BCUT2D eigenvalue weighted by Gasteiger charge is 2.08. The fourth-order valence-corrected chi connectivity index (χ4v) is 0.619. The number of hydrogen-bond donors (Lipinski definition) is 0. The molecule has 0 N–H and O–H groups in total. The molecule has 0 unspecified atom stereocenters. The molecule has 0 atom stereocenters. The van der Waals surface area contributed by atoms with Crippen molar-refractivity contribution in [3.8, 4) is 11.6 Å². The lowest BCUT2D eigenvalue weighted by Gasteiger charge is -2.07. The molecule has 0 saturated heterocycles. The molecule has 62 valence electrons. The zero-order valence-corrected chi connectivity index (χ0v) is 5.39. The number of aromatic nitrogens is 8. The molecular formula is C2N8O2-2. The Morgan fingerprint density at radius 3 is 1.50 bits per heavy atom. The van der Waals surface area contributed by atoms with E-state index >= 15 is 0 Å². The third kappa shape index (κ3) is 0.744. The molecule has 0 fully saturated rings. The van der Waals surface area contributed by atoms with Gasteiger partial charge in [0.25, 0.3) is 0 Å². The maximum atomic E-state index is 10.7. The normalized spacial score (nSPS) is 10.3. The summed E-state index contributed by atoms with van der Waals surface area (Å²) in [5, 5.41) is 39.9. The molecule has 0 radical (unpaired) electrons. The Morgan fingerprint density at radius 2 is 1.25 bits per heavy atom. The molecule has 10 heteroatoms. The number of rotatable bonds is 1. The van der Waals surface area contributed by atoms with Gasteiger partial charge >= 0.3 is 0 Å². The lowest BCUT2D eigenvalue weighted by molar-refractivity contribution is 0.782. The largest absolute Gasteiger partial charge is 0.787 e. The minimum atomic E-state index is -0.324. The first kappa shape index (κ1) is 6.45. The third-order valence-corrected chi connectivity index (χ3v) is 1.08. The Balaban J connectivity index is 2.57. The van der Waals surface area contributed by atoms with Crippen molar-refractivity contribution in [1.82, 2.24) is 40.7 Å². The Kier molecular flexibility index (Phi) is 1.14. The van der Waals surface area contributed by atoms with Gasteiger partial charge in [-0.05, 0) is 20.9 Å². The molecule has 2 heterocycles. The quantitative estimate of drug-likeness (QED) is 0.478. The molecule has 0 aliphatic heterocycles. The van der Waals surface area contributed by atoms with Crippen LogP contribution in [0.5, 0.6) is 0 Å². The van der Waals surface area contributed by atoms with E-state index in [1.807, 2.05) is 0 Å². The van der Waals surface area contributed by atoms with Gasteiger partial charge in [-0.3, -0.25) is 9.69 Å². The third-order valence-electron chi connectivity index (χ3n) is 1.08. The van der Waals surface area contributed by atoms with Gasteiger partial charge in [-0.25, -0.2) is 0 Å². The Hall–Kier alpha value is -2.26. The van der Waals surface area contributed by atoms with Crippen LogP contribution in [0.4, 0.5) is 0 Å². The molecule has 0 amide bonds. The van der Waals surface area contributed by atoms with Gasteiger partial charge in [0.1, 0.15) is 0 Å². The predicted molar refractivity (Wildman–Crippen MR) is 32.2 cm³/mol. The van der Waals surface area contributed by atoms with E-state index in [0.717, 1.165) is 0 Å². The topological polar surface area (TPSA) is 133 Å². The minimum Gasteiger partial charge on any atom is -0.787 e. The molecule has 0 saturated carbocycles.